The Morgan fingerprint density at radius 1 is 1.45 bits per heavy atom. The maximum atomic E-state index is 4.25. The topological polar surface area (TPSA) is 28.2 Å². The van der Waals surface area contributed by atoms with Crippen LogP contribution in [0.5, 0.6) is 0 Å². The monoisotopic (exact) mass is 275 g/mol. The molecule has 3 heteroatoms. The fourth-order valence-corrected chi connectivity index (χ4v) is 3.18. The van der Waals surface area contributed by atoms with E-state index in [2.05, 4.69) is 42.0 Å². The Morgan fingerprint density at radius 3 is 2.95 bits per heavy atom. The number of pyridine rings is 1. The van der Waals surface area contributed by atoms with E-state index in [0.717, 1.165) is 25.6 Å². The summed E-state index contributed by atoms with van der Waals surface area (Å²) in [5, 5.41) is 3.74. The second-order valence-corrected chi connectivity index (χ2v) is 6.14. The van der Waals surface area contributed by atoms with Crippen LogP contribution in [0.25, 0.3) is 0 Å². The van der Waals surface area contributed by atoms with E-state index < -0.39 is 0 Å². The van der Waals surface area contributed by atoms with Gasteiger partial charge in [-0.05, 0) is 24.0 Å². The number of hydrogen-bond donors (Lipinski definition) is 1. The maximum Gasteiger partial charge on any atom is 0.0312 e. The van der Waals surface area contributed by atoms with E-state index in [4.69, 9.17) is 0 Å². The van der Waals surface area contributed by atoms with E-state index in [1.54, 1.807) is 0 Å². The Balaban J connectivity index is 2.05. The molecule has 112 valence electrons. The predicted molar refractivity (Wildman–Crippen MR) is 84.6 cm³/mol. The van der Waals surface area contributed by atoms with Crippen LogP contribution in [0.15, 0.2) is 24.5 Å². The van der Waals surface area contributed by atoms with Crippen molar-refractivity contribution in [1.82, 2.24) is 15.2 Å². The van der Waals surface area contributed by atoms with Gasteiger partial charge in [-0.2, -0.15) is 0 Å². The van der Waals surface area contributed by atoms with Crippen LogP contribution in [0, 0.1) is 5.92 Å². The molecule has 2 heterocycles. The molecule has 1 aliphatic heterocycles. The number of nitrogens with one attached hydrogen (secondary N) is 1. The molecule has 1 fully saturated rings. The smallest absolute Gasteiger partial charge is 0.0312 e. The maximum absolute atomic E-state index is 4.25. The second-order valence-electron chi connectivity index (χ2n) is 6.14. The third kappa shape index (κ3) is 4.03. The van der Waals surface area contributed by atoms with Gasteiger partial charge in [0.05, 0.1) is 0 Å². The van der Waals surface area contributed by atoms with E-state index in [9.17, 15) is 0 Å². The molecule has 0 saturated carbocycles. The molecule has 0 amide bonds. The molecule has 1 saturated heterocycles. The Kier molecular flexibility index (Phi) is 5.99. The van der Waals surface area contributed by atoms with Gasteiger partial charge in [-0.25, -0.2) is 0 Å². The molecule has 3 atom stereocenters. The lowest BCUT2D eigenvalue weighted by Gasteiger charge is -2.43. The van der Waals surface area contributed by atoms with Gasteiger partial charge >= 0.3 is 0 Å². The van der Waals surface area contributed by atoms with Crippen LogP contribution in [0.1, 0.15) is 45.6 Å². The van der Waals surface area contributed by atoms with Crippen LogP contribution in [0.3, 0.4) is 0 Å². The van der Waals surface area contributed by atoms with Gasteiger partial charge in [-0.15, -0.1) is 0 Å². The zero-order valence-electron chi connectivity index (χ0n) is 13.2. The lowest BCUT2D eigenvalue weighted by molar-refractivity contribution is 0.0817. The molecule has 0 bridgehead atoms. The Hall–Kier alpha value is -0.930. The molecule has 0 radical (unpaired) electrons. The SMILES string of the molecule is CCCC1CN(Cc2cccnc2)C(C(C)CC)CN1. The van der Waals surface area contributed by atoms with Gasteiger partial charge in [0.1, 0.15) is 0 Å². The summed E-state index contributed by atoms with van der Waals surface area (Å²) in [7, 11) is 0. The van der Waals surface area contributed by atoms with Crippen LogP contribution in [0.4, 0.5) is 0 Å². The summed E-state index contributed by atoms with van der Waals surface area (Å²) in [5.74, 6) is 0.738. The fraction of sp³-hybridized carbons (Fsp3) is 0.706. The molecule has 1 aromatic rings. The molecule has 1 aromatic heterocycles. The minimum atomic E-state index is 0.647. The van der Waals surface area contributed by atoms with Gasteiger partial charge < -0.3 is 5.32 Å². The molecule has 3 unspecified atom stereocenters. The number of rotatable bonds is 6. The number of aromatic nitrogens is 1. The lowest BCUT2D eigenvalue weighted by atomic mass is 9.93. The Morgan fingerprint density at radius 2 is 2.30 bits per heavy atom. The van der Waals surface area contributed by atoms with Crippen molar-refractivity contribution in [3.05, 3.63) is 30.1 Å². The summed E-state index contributed by atoms with van der Waals surface area (Å²) in [6, 6.07) is 5.53. The average Bonchev–Trinajstić information content (AvgIpc) is 2.48. The van der Waals surface area contributed by atoms with Crippen LogP contribution >= 0.6 is 0 Å². The first kappa shape index (κ1) is 15.5. The quantitative estimate of drug-likeness (QED) is 0.865. The van der Waals surface area contributed by atoms with Crippen LogP contribution in [-0.2, 0) is 6.54 Å². The van der Waals surface area contributed by atoms with Gasteiger partial charge in [-0.3, -0.25) is 9.88 Å². The zero-order valence-corrected chi connectivity index (χ0v) is 13.2. The van der Waals surface area contributed by atoms with Crippen LogP contribution in [0.2, 0.25) is 0 Å². The van der Waals surface area contributed by atoms with Gasteiger partial charge in [0.25, 0.3) is 0 Å². The van der Waals surface area contributed by atoms with Crippen molar-refractivity contribution in [2.45, 2.75) is 58.7 Å². The number of hydrogen-bond acceptors (Lipinski definition) is 3. The largest absolute Gasteiger partial charge is 0.311 e. The molecule has 2 rings (SSSR count). The first-order valence-electron chi connectivity index (χ1n) is 8.10. The van der Waals surface area contributed by atoms with Crippen molar-refractivity contribution < 1.29 is 0 Å². The number of piperazine rings is 1. The highest BCUT2D eigenvalue weighted by Gasteiger charge is 2.30. The lowest BCUT2D eigenvalue weighted by Crippen LogP contribution is -2.58. The molecular weight excluding hydrogens is 246 g/mol. The highest BCUT2D eigenvalue weighted by molar-refractivity contribution is 5.09. The van der Waals surface area contributed by atoms with Gasteiger partial charge in [0, 0.05) is 44.1 Å². The van der Waals surface area contributed by atoms with Crippen molar-refractivity contribution >= 4 is 0 Å². The van der Waals surface area contributed by atoms with Crippen molar-refractivity contribution in [3.8, 4) is 0 Å². The highest BCUT2D eigenvalue weighted by atomic mass is 15.2. The van der Waals surface area contributed by atoms with E-state index in [1.807, 2.05) is 18.5 Å². The van der Waals surface area contributed by atoms with E-state index in [1.165, 1.54) is 24.8 Å². The molecule has 20 heavy (non-hydrogen) atoms. The molecular formula is C17H29N3. The van der Waals surface area contributed by atoms with Crippen molar-refractivity contribution in [2.75, 3.05) is 13.1 Å². The standard InChI is InChI=1S/C17H29N3/c1-4-7-16-13-20(12-15-8-6-9-18-10-15)17(11-19-16)14(3)5-2/h6,8-10,14,16-17,19H,4-5,7,11-13H2,1-3H3. The second kappa shape index (κ2) is 7.75. The summed E-state index contributed by atoms with van der Waals surface area (Å²) < 4.78 is 0. The molecule has 1 aliphatic rings. The predicted octanol–water partition coefficient (Wildman–Crippen LogP) is 3.07. The minimum Gasteiger partial charge on any atom is -0.311 e. The number of nitrogens with zero attached hydrogens (tertiary/aromatic N) is 2. The summed E-state index contributed by atoms with van der Waals surface area (Å²) >= 11 is 0. The summed E-state index contributed by atoms with van der Waals surface area (Å²) in [5.41, 5.74) is 1.33. The summed E-state index contributed by atoms with van der Waals surface area (Å²) in [4.78, 5) is 6.92. The van der Waals surface area contributed by atoms with Gasteiger partial charge in [0.2, 0.25) is 0 Å². The third-order valence-corrected chi connectivity index (χ3v) is 4.59. The van der Waals surface area contributed by atoms with E-state index >= 15 is 0 Å². The Labute approximate surface area is 123 Å². The molecule has 0 aromatic carbocycles. The van der Waals surface area contributed by atoms with Crippen LogP contribution in [-0.4, -0.2) is 35.1 Å². The fourth-order valence-electron chi connectivity index (χ4n) is 3.18. The van der Waals surface area contributed by atoms with Gasteiger partial charge in [0.15, 0.2) is 0 Å². The normalized spacial score (nSPS) is 25.6. The molecule has 3 nitrogen and oxygen atoms in total. The molecule has 0 spiro atoms. The van der Waals surface area contributed by atoms with E-state index in [-0.39, 0.29) is 0 Å². The Bertz CT molecular complexity index is 379. The summed E-state index contributed by atoms with van der Waals surface area (Å²) in [6.45, 7) is 10.3. The average molecular weight is 275 g/mol. The summed E-state index contributed by atoms with van der Waals surface area (Å²) in [6.07, 6.45) is 7.63. The first-order chi connectivity index (χ1) is 9.74. The van der Waals surface area contributed by atoms with Crippen molar-refractivity contribution in [3.63, 3.8) is 0 Å². The van der Waals surface area contributed by atoms with Crippen molar-refractivity contribution in [1.29, 1.82) is 0 Å². The van der Waals surface area contributed by atoms with Crippen molar-refractivity contribution in [2.24, 2.45) is 5.92 Å². The minimum absolute atomic E-state index is 0.647. The zero-order chi connectivity index (χ0) is 14.4. The van der Waals surface area contributed by atoms with E-state index in [0.29, 0.717) is 12.1 Å². The third-order valence-electron chi connectivity index (χ3n) is 4.59. The van der Waals surface area contributed by atoms with Crippen LogP contribution < -0.4 is 5.32 Å². The molecule has 0 aliphatic carbocycles. The first-order valence-corrected chi connectivity index (χ1v) is 8.10. The molecule has 1 N–H and O–H groups in total. The van der Waals surface area contributed by atoms with Gasteiger partial charge in [-0.1, -0.05) is 39.7 Å². The highest BCUT2D eigenvalue weighted by Crippen LogP contribution is 2.21.